The van der Waals surface area contributed by atoms with Crippen molar-refractivity contribution in [1.29, 1.82) is 0 Å². The fourth-order valence-corrected chi connectivity index (χ4v) is 2.81. The van der Waals surface area contributed by atoms with E-state index in [9.17, 15) is 4.79 Å². The number of nitrogens with zero attached hydrogens (tertiary/aromatic N) is 3. The van der Waals surface area contributed by atoms with E-state index in [0.717, 1.165) is 49.4 Å². The highest BCUT2D eigenvalue weighted by Gasteiger charge is 2.23. The Hall–Kier alpha value is -1.36. The maximum atomic E-state index is 12.5. The average Bonchev–Trinajstić information content (AvgIpc) is 2.63. The van der Waals surface area contributed by atoms with E-state index in [1.807, 2.05) is 32.8 Å². The van der Waals surface area contributed by atoms with E-state index in [4.69, 9.17) is 0 Å². The Balaban J connectivity index is 2.05. The lowest BCUT2D eigenvalue weighted by molar-refractivity contribution is 0.0761. The minimum Gasteiger partial charge on any atom is -0.341 e. The molecule has 1 aliphatic heterocycles. The van der Waals surface area contributed by atoms with Crippen molar-refractivity contribution in [2.24, 2.45) is 13.0 Å². The lowest BCUT2D eigenvalue weighted by Gasteiger charge is -2.27. The third kappa shape index (κ3) is 2.97. The molecule has 0 atom stereocenters. The minimum atomic E-state index is 0.0987. The molecule has 0 unspecified atom stereocenters. The van der Waals surface area contributed by atoms with Gasteiger partial charge in [-0.25, -0.2) is 0 Å². The van der Waals surface area contributed by atoms with Gasteiger partial charge in [0.05, 0.1) is 11.3 Å². The monoisotopic (exact) mass is 264 g/mol. The molecule has 0 spiro atoms. The predicted molar refractivity (Wildman–Crippen MR) is 75.2 cm³/mol. The van der Waals surface area contributed by atoms with Crippen molar-refractivity contribution in [3.05, 3.63) is 17.0 Å². The van der Waals surface area contributed by atoms with Crippen molar-refractivity contribution in [1.82, 2.24) is 20.0 Å². The molecule has 0 aromatic carbocycles. The molecule has 1 aromatic heterocycles. The van der Waals surface area contributed by atoms with Crippen LogP contribution in [0.25, 0.3) is 0 Å². The third-order valence-electron chi connectivity index (χ3n) is 4.06. The summed E-state index contributed by atoms with van der Waals surface area (Å²) >= 11 is 0. The maximum absolute atomic E-state index is 12.5. The van der Waals surface area contributed by atoms with Crippen molar-refractivity contribution < 1.29 is 4.79 Å². The van der Waals surface area contributed by atoms with Crippen molar-refractivity contribution in [2.75, 3.05) is 26.7 Å². The molecule has 1 fully saturated rings. The first-order valence-electron chi connectivity index (χ1n) is 6.97. The average molecular weight is 264 g/mol. The van der Waals surface area contributed by atoms with Gasteiger partial charge in [0.25, 0.3) is 5.91 Å². The van der Waals surface area contributed by atoms with Gasteiger partial charge < -0.3 is 10.2 Å². The molecule has 1 aromatic rings. The number of amides is 1. The predicted octanol–water partition coefficient (Wildman–Crippen LogP) is 1.11. The molecule has 1 saturated heterocycles. The van der Waals surface area contributed by atoms with Crippen LogP contribution in [0.4, 0.5) is 0 Å². The summed E-state index contributed by atoms with van der Waals surface area (Å²) in [7, 11) is 3.78. The topological polar surface area (TPSA) is 50.2 Å². The molecule has 0 radical (unpaired) electrons. The Labute approximate surface area is 115 Å². The van der Waals surface area contributed by atoms with Crippen LogP contribution in [0.3, 0.4) is 0 Å². The van der Waals surface area contributed by atoms with E-state index in [1.54, 1.807) is 4.68 Å². The quantitative estimate of drug-likeness (QED) is 0.889. The second kappa shape index (κ2) is 5.74. The van der Waals surface area contributed by atoms with Crippen LogP contribution in [0.5, 0.6) is 0 Å². The molecule has 1 aliphatic rings. The van der Waals surface area contributed by atoms with Gasteiger partial charge >= 0.3 is 0 Å². The number of aromatic nitrogens is 2. The summed E-state index contributed by atoms with van der Waals surface area (Å²) < 4.78 is 1.78. The Morgan fingerprint density at radius 1 is 1.42 bits per heavy atom. The van der Waals surface area contributed by atoms with Crippen molar-refractivity contribution in [2.45, 2.75) is 26.7 Å². The number of piperidine rings is 1. The second-order valence-corrected chi connectivity index (χ2v) is 5.55. The van der Waals surface area contributed by atoms with E-state index in [2.05, 4.69) is 10.4 Å². The highest BCUT2D eigenvalue weighted by Crippen LogP contribution is 2.17. The molecule has 2 heterocycles. The van der Waals surface area contributed by atoms with Gasteiger partial charge in [0.2, 0.25) is 0 Å². The molecule has 5 heteroatoms. The van der Waals surface area contributed by atoms with Gasteiger partial charge in [0, 0.05) is 26.3 Å². The van der Waals surface area contributed by atoms with Gasteiger partial charge in [0.1, 0.15) is 0 Å². The van der Waals surface area contributed by atoms with Crippen molar-refractivity contribution >= 4 is 5.91 Å². The zero-order valence-corrected chi connectivity index (χ0v) is 12.4. The lowest BCUT2D eigenvalue weighted by Crippen LogP contribution is -2.37. The normalized spacial score (nSPS) is 16.6. The summed E-state index contributed by atoms with van der Waals surface area (Å²) in [4.78, 5) is 14.4. The van der Waals surface area contributed by atoms with Crippen LogP contribution in [0.15, 0.2) is 0 Å². The molecular formula is C14H24N4O. The Bertz CT molecular complexity index is 460. The number of nitrogens with one attached hydrogen (secondary N) is 1. The number of aryl methyl sites for hydroxylation is 2. The molecular weight excluding hydrogens is 240 g/mol. The van der Waals surface area contributed by atoms with Gasteiger partial charge in [0.15, 0.2) is 0 Å². The summed E-state index contributed by atoms with van der Waals surface area (Å²) in [5.74, 6) is 0.717. The van der Waals surface area contributed by atoms with Gasteiger partial charge in [-0.05, 0) is 45.7 Å². The van der Waals surface area contributed by atoms with E-state index < -0.39 is 0 Å². The first-order valence-corrected chi connectivity index (χ1v) is 6.97. The van der Waals surface area contributed by atoms with Crippen molar-refractivity contribution in [3.8, 4) is 0 Å². The fourth-order valence-electron chi connectivity index (χ4n) is 2.81. The number of carbonyl (C=O) groups is 1. The zero-order chi connectivity index (χ0) is 14.0. The highest BCUT2D eigenvalue weighted by atomic mass is 16.2. The molecule has 5 nitrogen and oxygen atoms in total. The first kappa shape index (κ1) is 14.1. The van der Waals surface area contributed by atoms with E-state index in [-0.39, 0.29) is 5.91 Å². The van der Waals surface area contributed by atoms with Crippen molar-refractivity contribution in [3.63, 3.8) is 0 Å². The van der Waals surface area contributed by atoms with Crippen LogP contribution in [0.2, 0.25) is 0 Å². The van der Waals surface area contributed by atoms with Crippen LogP contribution in [-0.4, -0.2) is 47.3 Å². The second-order valence-electron chi connectivity index (χ2n) is 5.55. The molecule has 106 valence electrons. The number of hydrogen-bond donors (Lipinski definition) is 1. The summed E-state index contributed by atoms with van der Waals surface area (Å²) in [6, 6.07) is 0. The fraction of sp³-hybridized carbons (Fsp3) is 0.714. The van der Waals surface area contributed by atoms with Crippen LogP contribution in [0.1, 0.15) is 34.6 Å². The van der Waals surface area contributed by atoms with E-state index >= 15 is 0 Å². The summed E-state index contributed by atoms with van der Waals surface area (Å²) in [6.07, 6.45) is 2.31. The number of hydrogen-bond acceptors (Lipinski definition) is 3. The molecule has 0 aliphatic carbocycles. The Morgan fingerprint density at radius 2 is 2.05 bits per heavy atom. The van der Waals surface area contributed by atoms with Crippen LogP contribution in [0, 0.1) is 19.8 Å². The van der Waals surface area contributed by atoms with E-state index in [0.29, 0.717) is 5.92 Å². The molecule has 0 bridgehead atoms. The first-order chi connectivity index (χ1) is 9.00. The van der Waals surface area contributed by atoms with Gasteiger partial charge in [-0.2, -0.15) is 5.10 Å². The lowest BCUT2D eigenvalue weighted by atomic mass is 9.97. The molecule has 19 heavy (non-hydrogen) atoms. The molecule has 1 N–H and O–H groups in total. The summed E-state index contributed by atoms with van der Waals surface area (Å²) in [5.41, 5.74) is 2.53. The van der Waals surface area contributed by atoms with Gasteiger partial charge in [-0.1, -0.05) is 0 Å². The highest BCUT2D eigenvalue weighted by molar-refractivity contribution is 5.96. The van der Waals surface area contributed by atoms with E-state index in [1.165, 1.54) is 0 Å². The Kier molecular flexibility index (Phi) is 4.24. The van der Waals surface area contributed by atoms with Crippen LogP contribution in [-0.2, 0) is 7.05 Å². The molecule has 2 rings (SSSR count). The standard InChI is InChI=1S/C14H24N4O/c1-10-13(11(2)18(4)16-10)14(19)17(3)9-12-5-7-15-8-6-12/h12,15H,5-9H2,1-4H3. The van der Waals surface area contributed by atoms with Crippen LogP contribution < -0.4 is 5.32 Å². The maximum Gasteiger partial charge on any atom is 0.257 e. The minimum absolute atomic E-state index is 0.0987. The molecule has 1 amide bonds. The van der Waals surface area contributed by atoms with Gasteiger partial charge in [-0.15, -0.1) is 0 Å². The largest absolute Gasteiger partial charge is 0.341 e. The molecule has 0 saturated carbocycles. The zero-order valence-electron chi connectivity index (χ0n) is 12.4. The SMILES string of the molecule is Cc1nn(C)c(C)c1C(=O)N(C)CC1CCNCC1. The summed E-state index contributed by atoms with van der Waals surface area (Å²) in [6.45, 7) is 6.83. The Morgan fingerprint density at radius 3 is 2.58 bits per heavy atom. The number of carbonyl (C=O) groups excluding carboxylic acids is 1. The number of rotatable bonds is 3. The van der Waals surface area contributed by atoms with Gasteiger partial charge in [-0.3, -0.25) is 9.48 Å². The summed E-state index contributed by atoms with van der Waals surface area (Å²) in [5, 5.41) is 7.67. The van der Waals surface area contributed by atoms with Crippen LogP contribution >= 0.6 is 0 Å². The smallest absolute Gasteiger partial charge is 0.257 e. The third-order valence-corrected chi connectivity index (χ3v) is 4.06.